The Morgan fingerprint density at radius 1 is 1.32 bits per heavy atom. The smallest absolute Gasteiger partial charge is 0.138 e. The Labute approximate surface area is 142 Å². The second-order valence-electron chi connectivity index (χ2n) is 6.80. The molecule has 1 aliphatic heterocycles. The van der Waals surface area contributed by atoms with Gasteiger partial charge in [-0.15, -0.1) is 0 Å². The third kappa shape index (κ3) is 2.93. The highest BCUT2D eigenvalue weighted by atomic mass is 79.9. The molecule has 1 fully saturated rings. The summed E-state index contributed by atoms with van der Waals surface area (Å²) >= 11 is 3.84. The number of ether oxygens (including phenoxy) is 1. The van der Waals surface area contributed by atoms with Crippen LogP contribution in [-0.2, 0) is 12.8 Å². The van der Waals surface area contributed by atoms with Crippen LogP contribution in [0.1, 0.15) is 48.4 Å². The minimum atomic E-state index is 0.424. The number of hydrogen-bond donors (Lipinski definition) is 1. The molecule has 0 aromatic heterocycles. The second-order valence-corrected chi connectivity index (χ2v) is 7.60. The lowest BCUT2D eigenvalue weighted by Gasteiger charge is -2.25. The Hall–Kier alpha value is -0.580. The topological polar surface area (TPSA) is 38.5 Å². The van der Waals surface area contributed by atoms with E-state index in [0.717, 1.165) is 25.3 Å². The van der Waals surface area contributed by atoms with Crippen molar-refractivity contribution >= 4 is 15.9 Å². The Morgan fingerprint density at radius 3 is 2.77 bits per heavy atom. The molecule has 0 radical (unpaired) electrons. The van der Waals surface area contributed by atoms with Crippen molar-refractivity contribution in [3.8, 4) is 5.75 Å². The summed E-state index contributed by atoms with van der Waals surface area (Å²) in [7, 11) is 4.00. The fourth-order valence-electron chi connectivity index (χ4n) is 4.13. The maximum Gasteiger partial charge on any atom is 0.138 e. The number of hydrogen-bond acceptors (Lipinski definition) is 3. The van der Waals surface area contributed by atoms with Crippen LogP contribution in [0.2, 0.25) is 0 Å². The summed E-state index contributed by atoms with van der Waals surface area (Å²) in [5, 5.41) is 0. The molecule has 1 aromatic carbocycles. The van der Waals surface area contributed by atoms with E-state index in [1.54, 1.807) is 7.11 Å². The van der Waals surface area contributed by atoms with Gasteiger partial charge in [-0.1, -0.05) is 12.5 Å². The van der Waals surface area contributed by atoms with Gasteiger partial charge in [0.05, 0.1) is 11.6 Å². The van der Waals surface area contributed by atoms with Crippen molar-refractivity contribution in [2.24, 2.45) is 11.7 Å². The molecule has 2 aliphatic rings. The summed E-state index contributed by atoms with van der Waals surface area (Å²) in [6, 6.07) is 2.85. The third-order valence-corrected chi connectivity index (χ3v) is 6.19. The van der Waals surface area contributed by atoms with E-state index in [4.69, 9.17) is 10.5 Å². The van der Waals surface area contributed by atoms with E-state index in [0.29, 0.717) is 12.0 Å². The highest BCUT2D eigenvalue weighted by Gasteiger charge is 2.33. The number of aryl methyl sites for hydroxylation is 1. The highest BCUT2D eigenvalue weighted by molar-refractivity contribution is 9.10. The normalized spacial score (nSPS) is 25.8. The van der Waals surface area contributed by atoms with Gasteiger partial charge in [-0.05, 0) is 78.7 Å². The molecule has 3 rings (SSSR count). The van der Waals surface area contributed by atoms with Crippen LogP contribution >= 0.6 is 15.9 Å². The third-order valence-electron chi connectivity index (χ3n) is 5.35. The number of nitrogens with two attached hydrogens (primary N) is 1. The average Bonchev–Trinajstić information content (AvgIpc) is 2.73. The first-order valence-electron chi connectivity index (χ1n) is 8.44. The molecule has 2 unspecified atom stereocenters. The number of benzene rings is 1. The van der Waals surface area contributed by atoms with Crippen molar-refractivity contribution in [2.45, 2.75) is 44.6 Å². The Kier molecular flexibility index (Phi) is 5.10. The van der Waals surface area contributed by atoms with Crippen LogP contribution in [0.15, 0.2) is 10.5 Å². The minimum Gasteiger partial charge on any atom is -0.495 e. The van der Waals surface area contributed by atoms with E-state index in [1.165, 1.54) is 53.3 Å². The van der Waals surface area contributed by atoms with E-state index in [-0.39, 0.29) is 0 Å². The van der Waals surface area contributed by atoms with Crippen LogP contribution in [-0.4, -0.2) is 32.1 Å². The molecule has 0 bridgehead atoms. The number of likely N-dealkylation sites (tertiary alicyclic amines) is 1. The van der Waals surface area contributed by atoms with Gasteiger partial charge in [0.2, 0.25) is 0 Å². The summed E-state index contributed by atoms with van der Waals surface area (Å²) in [6.07, 6.45) is 7.41. The predicted octanol–water partition coefficient (Wildman–Crippen LogP) is 3.68. The van der Waals surface area contributed by atoms with E-state index >= 15 is 0 Å². The van der Waals surface area contributed by atoms with Crippen LogP contribution in [0.4, 0.5) is 0 Å². The highest BCUT2D eigenvalue weighted by Crippen LogP contribution is 2.45. The van der Waals surface area contributed by atoms with Gasteiger partial charge >= 0.3 is 0 Å². The number of methoxy groups -OCH3 is 1. The molecular formula is C18H27BrN2O. The zero-order valence-corrected chi connectivity index (χ0v) is 15.3. The summed E-state index contributed by atoms with van der Waals surface area (Å²) in [4.78, 5) is 2.44. The van der Waals surface area contributed by atoms with Gasteiger partial charge < -0.3 is 10.5 Å². The molecule has 0 amide bonds. The summed E-state index contributed by atoms with van der Waals surface area (Å²) < 4.78 is 7.00. The standard InChI is InChI=1S/C18H27BrN2O/c1-21-11-12(10-20)8-16(21)15-9-13-6-4-3-5-7-14(13)17(19)18(15)22-2/h9,12,16H,3-8,10-11,20H2,1-2H3. The molecular weight excluding hydrogens is 340 g/mol. The lowest BCUT2D eigenvalue weighted by Crippen LogP contribution is -2.21. The lowest BCUT2D eigenvalue weighted by atomic mass is 9.93. The largest absolute Gasteiger partial charge is 0.495 e. The van der Waals surface area contributed by atoms with Gasteiger partial charge in [-0.3, -0.25) is 4.90 Å². The van der Waals surface area contributed by atoms with Gasteiger partial charge in [0.1, 0.15) is 5.75 Å². The van der Waals surface area contributed by atoms with Gasteiger partial charge in [-0.25, -0.2) is 0 Å². The number of halogens is 1. The van der Waals surface area contributed by atoms with E-state index < -0.39 is 0 Å². The number of fused-ring (bicyclic) bond motifs is 1. The van der Waals surface area contributed by atoms with Crippen molar-refractivity contribution in [2.75, 3.05) is 27.2 Å². The predicted molar refractivity (Wildman–Crippen MR) is 94.5 cm³/mol. The van der Waals surface area contributed by atoms with Crippen molar-refractivity contribution < 1.29 is 4.74 Å². The lowest BCUT2D eigenvalue weighted by molar-refractivity contribution is 0.302. The first kappa shape index (κ1) is 16.3. The van der Waals surface area contributed by atoms with E-state index in [1.807, 2.05) is 0 Å². The molecule has 0 spiro atoms. The molecule has 3 nitrogen and oxygen atoms in total. The number of nitrogens with zero attached hydrogens (tertiary/aromatic N) is 1. The second kappa shape index (κ2) is 6.90. The zero-order valence-electron chi connectivity index (χ0n) is 13.7. The van der Waals surface area contributed by atoms with Crippen LogP contribution in [0.5, 0.6) is 5.75 Å². The summed E-state index contributed by atoms with van der Waals surface area (Å²) in [5.41, 5.74) is 10.2. The van der Waals surface area contributed by atoms with E-state index in [2.05, 4.69) is 33.9 Å². The molecule has 2 N–H and O–H groups in total. The van der Waals surface area contributed by atoms with Crippen molar-refractivity contribution in [3.05, 3.63) is 27.2 Å². The van der Waals surface area contributed by atoms with Crippen molar-refractivity contribution in [1.82, 2.24) is 4.90 Å². The van der Waals surface area contributed by atoms with Crippen LogP contribution in [0.25, 0.3) is 0 Å². The Morgan fingerprint density at radius 2 is 2.09 bits per heavy atom. The van der Waals surface area contributed by atoms with Gasteiger partial charge in [0.25, 0.3) is 0 Å². The molecule has 1 saturated heterocycles. The Balaban J connectivity index is 2.03. The molecule has 4 heteroatoms. The molecule has 22 heavy (non-hydrogen) atoms. The van der Waals surface area contributed by atoms with Crippen LogP contribution in [0, 0.1) is 5.92 Å². The van der Waals surface area contributed by atoms with Crippen molar-refractivity contribution in [1.29, 1.82) is 0 Å². The maximum atomic E-state index is 5.90. The minimum absolute atomic E-state index is 0.424. The monoisotopic (exact) mass is 366 g/mol. The average molecular weight is 367 g/mol. The van der Waals surface area contributed by atoms with Gasteiger partial charge in [0.15, 0.2) is 0 Å². The van der Waals surface area contributed by atoms with Gasteiger partial charge in [-0.2, -0.15) is 0 Å². The molecule has 1 aromatic rings. The fraction of sp³-hybridized carbons (Fsp3) is 0.667. The molecule has 1 heterocycles. The molecule has 1 aliphatic carbocycles. The molecule has 2 atom stereocenters. The van der Waals surface area contributed by atoms with Crippen LogP contribution < -0.4 is 10.5 Å². The maximum absolute atomic E-state index is 5.90. The van der Waals surface area contributed by atoms with Crippen molar-refractivity contribution in [3.63, 3.8) is 0 Å². The first-order chi connectivity index (χ1) is 10.7. The van der Waals surface area contributed by atoms with E-state index in [9.17, 15) is 0 Å². The zero-order chi connectivity index (χ0) is 15.7. The quantitative estimate of drug-likeness (QED) is 0.829. The first-order valence-corrected chi connectivity index (χ1v) is 9.23. The molecule has 122 valence electrons. The summed E-state index contributed by atoms with van der Waals surface area (Å²) in [5.74, 6) is 1.63. The number of rotatable bonds is 3. The van der Waals surface area contributed by atoms with Crippen LogP contribution in [0.3, 0.4) is 0 Å². The fourth-order valence-corrected chi connectivity index (χ4v) is 4.97. The Bertz CT molecular complexity index is 546. The molecule has 0 saturated carbocycles. The SMILES string of the molecule is COc1c(C2CC(CN)CN2C)cc2c(c1Br)CCCCC2. The summed E-state index contributed by atoms with van der Waals surface area (Å²) in [6.45, 7) is 1.86. The van der Waals surface area contributed by atoms with Gasteiger partial charge in [0, 0.05) is 18.2 Å².